The van der Waals surface area contributed by atoms with Crippen LogP contribution in [0.4, 0.5) is 4.79 Å². The zero-order chi connectivity index (χ0) is 18.3. The fourth-order valence-electron chi connectivity index (χ4n) is 4.38. The monoisotopic (exact) mass is 379 g/mol. The summed E-state index contributed by atoms with van der Waals surface area (Å²) in [6.07, 6.45) is 2.30. The van der Waals surface area contributed by atoms with Crippen LogP contribution in [-0.4, -0.2) is 74.6 Å². The second kappa shape index (κ2) is 6.74. The third kappa shape index (κ3) is 3.27. The third-order valence-electron chi connectivity index (χ3n) is 5.74. The van der Waals surface area contributed by atoms with Gasteiger partial charge in [-0.3, -0.25) is 4.90 Å². The van der Waals surface area contributed by atoms with E-state index in [-0.39, 0.29) is 35.7 Å². The number of ether oxygens (including phenoxy) is 1. The minimum absolute atomic E-state index is 0.0524. The summed E-state index contributed by atoms with van der Waals surface area (Å²) in [4.78, 5) is 16.6. The van der Waals surface area contributed by atoms with Crippen LogP contribution in [0.15, 0.2) is 24.3 Å². The van der Waals surface area contributed by atoms with Crippen molar-refractivity contribution in [2.24, 2.45) is 0 Å². The molecular formula is C18H25N3O4S. The molecule has 0 spiro atoms. The van der Waals surface area contributed by atoms with Gasteiger partial charge in [0.25, 0.3) is 0 Å². The van der Waals surface area contributed by atoms with Gasteiger partial charge in [-0.25, -0.2) is 13.2 Å². The Morgan fingerprint density at radius 1 is 1.19 bits per heavy atom. The van der Waals surface area contributed by atoms with E-state index in [4.69, 9.17) is 4.74 Å². The van der Waals surface area contributed by atoms with Gasteiger partial charge in [0.2, 0.25) is 0 Å². The number of methoxy groups -OCH3 is 1. The molecular weight excluding hydrogens is 354 g/mol. The molecule has 26 heavy (non-hydrogen) atoms. The van der Waals surface area contributed by atoms with Crippen LogP contribution in [0.1, 0.15) is 24.4 Å². The van der Waals surface area contributed by atoms with Crippen LogP contribution in [0.5, 0.6) is 5.75 Å². The summed E-state index contributed by atoms with van der Waals surface area (Å²) in [5.74, 6) is 0.914. The summed E-state index contributed by atoms with van der Waals surface area (Å²) in [7, 11) is -1.44. The average Bonchev–Trinajstić information content (AvgIpc) is 3.29. The van der Waals surface area contributed by atoms with Crippen LogP contribution in [0, 0.1) is 0 Å². The Morgan fingerprint density at radius 3 is 2.54 bits per heavy atom. The molecule has 3 fully saturated rings. The van der Waals surface area contributed by atoms with Crippen molar-refractivity contribution in [1.29, 1.82) is 0 Å². The Balaban J connectivity index is 1.59. The number of nitrogens with zero attached hydrogens (tertiary/aromatic N) is 2. The Hall–Kier alpha value is -1.80. The number of benzene rings is 1. The lowest BCUT2D eigenvalue weighted by atomic mass is 10.0. The first kappa shape index (κ1) is 17.6. The van der Waals surface area contributed by atoms with E-state index in [2.05, 4.69) is 10.2 Å². The number of amides is 2. The van der Waals surface area contributed by atoms with Gasteiger partial charge >= 0.3 is 6.03 Å². The summed E-state index contributed by atoms with van der Waals surface area (Å²) in [5, 5.41) is 2.86. The molecule has 1 aromatic carbocycles. The highest BCUT2D eigenvalue weighted by atomic mass is 32.2. The van der Waals surface area contributed by atoms with E-state index in [1.54, 1.807) is 12.0 Å². The molecule has 0 aliphatic carbocycles. The lowest BCUT2D eigenvalue weighted by Gasteiger charge is -2.33. The molecule has 3 aliphatic heterocycles. The zero-order valence-corrected chi connectivity index (χ0v) is 15.7. The van der Waals surface area contributed by atoms with Crippen LogP contribution >= 0.6 is 0 Å². The first-order valence-electron chi connectivity index (χ1n) is 9.12. The van der Waals surface area contributed by atoms with Gasteiger partial charge in [-0.15, -0.1) is 0 Å². The summed E-state index contributed by atoms with van der Waals surface area (Å²) in [5.41, 5.74) is 1.13. The maximum absolute atomic E-state index is 12.5. The fraction of sp³-hybridized carbons (Fsp3) is 0.611. The predicted octanol–water partition coefficient (Wildman–Crippen LogP) is 1.02. The van der Waals surface area contributed by atoms with E-state index < -0.39 is 9.84 Å². The molecule has 3 aliphatic rings. The molecule has 0 radical (unpaired) electrons. The Bertz CT molecular complexity index is 774. The van der Waals surface area contributed by atoms with Gasteiger partial charge < -0.3 is 15.0 Å². The van der Waals surface area contributed by atoms with Crippen molar-refractivity contribution >= 4 is 15.9 Å². The molecule has 0 unspecified atom stereocenters. The summed E-state index contributed by atoms with van der Waals surface area (Å²) in [6, 6.07) is 7.34. The van der Waals surface area contributed by atoms with Crippen molar-refractivity contribution in [2.75, 3.05) is 38.2 Å². The van der Waals surface area contributed by atoms with Gasteiger partial charge in [-0.1, -0.05) is 12.1 Å². The fourth-order valence-corrected chi connectivity index (χ4v) is 6.30. The first-order chi connectivity index (χ1) is 12.5. The number of likely N-dealkylation sites (tertiary alicyclic amines) is 1. The molecule has 4 rings (SSSR count). The molecule has 0 saturated carbocycles. The van der Waals surface area contributed by atoms with Crippen LogP contribution in [0.3, 0.4) is 0 Å². The lowest BCUT2D eigenvalue weighted by molar-refractivity contribution is 0.160. The number of hydrogen-bond acceptors (Lipinski definition) is 5. The molecule has 1 aromatic rings. The topological polar surface area (TPSA) is 79.0 Å². The van der Waals surface area contributed by atoms with Crippen LogP contribution in [0.2, 0.25) is 0 Å². The normalized spacial score (nSPS) is 28.8. The van der Waals surface area contributed by atoms with Gasteiger partial charge in [-0.05, 0) is 43.6 Å². The third-order valence-corrected chi connectivity index (χ3v) is 7.46. The minimum atomic E-state index is -3.08. The van der Waals surface area contributed by atoms with E-state index in [1.807, 2.05) is 24.3 Å². The van der Waals surface area contributed by atoms with Crippen molar-refractivity contribution in [1.82, 2.24) is 15.1 Å². The smallest absolute Gasteiger partial charge is 0.318 e. The van der Waals surface area contributed by atoms with Crippen molar-refractivity contribution < 1.29 is 17.9 Å². The SMILES string of the molecule is COc1ccc([C@H](CN2C(=O)N[C@H]3CS(=O)(=O)C[C@@H]32)N2CCCC2)cc1. The van der Waals surface area contributed by atoms with Gasteiger partial charge in [-0.2, -0.15) is 0 Å². The molecule has 2 amide bonds. The largest absolute Gasteiger partial charge is 0.497 e. The van der Waals surface area contributed by atoms with E-state index in [0.717, 1.165) is 37.2 Å². The number of sulfone groups is 1. The molecule has 3 saturated heterocycles. The number of carbonyl (C=O) groups is 1. The number of hydrogen-bond donors (Lipinski definition) is 1. The molecule has 0 aromatic heterocycles. The Kier molecular flexibility index (Phi) is 4.56. The highest BCUT2D eigenvalue weighted by molar-refractivity contribution is 7.91. The molecule has 1 N–H and O–H groups in total. The van der Waals surface area contributed by atoms with Crippen molar-refractivity contribution in [3.05, 3.63) is 29.8 Å². The van der Waals surface area contributed by atoms with Crippen molar-refractivity contribution in [2.45, 2.75) is 31.0 Å². The molecule has 3 atom stereocenters. The van der Waals surface area contributed by atoms with Crippen LogP contribution < -0.4 is 10.1 Å². The quantitative estimate of drug-likeness (QED) is 0.773. The number of carbonyl (C=O) groups excluding carboxylic acids is 1. The molecule has 142 valence electrons. The van der Waals surface area contributed by atoms with Gasteiger partial charge in [0.15, 0.2) is 9.84 Å². The molecule has 0 bridgehead atoms. The number of nitrogens with one attached hydrogen (secondary N) is 1. The molecule has 7 nitrogen and oxygen atoms in total. The van der Waals surface area contributed by atoms with E-state index in [0.29, 0.717) is 6.54 Å². The average molecular weight is 379 g/mol. The van der Waals surface area contributed by atoms with E-state index in [1.165, 1.54) is 0 Å². The second-order valence-electron chi connectivity index (χ2n) is 7.38. The second-order valence-corrected chi connectivity index (χ2v) is 9.54. The van der Waals surface area contributed by atoms with Gasteiger partial charge in [0, 0.05) is 6.54 Å². The highest BCUT2D eigenvalue weighted by Gasteiger charge is 2.49. The van der Waals surface area contributed by atoms with Crippen molar-refractivity contribution in [3.8, 4) is 5.75 Å². The summed E-state index contributed by atoms with van der Waals surface area (Å²) in [6.45, 7) is 2.51. The number of urea groups is 1. The summed E-state index contributed by atoms with van der Waals surface area (Å²) >= 11 is 0. The van der Waals surface area contributed by atoms with E-state index in [9.17, 15) is 13.2 Å². The van der Waals surface area contributed by atoms with Gasteiger partial charge in [0.05, 0.1) is 36.7 Å². The first-order valence-corrected chi connectivity index (χ1v) is 10.9. The van der Waals surface area contributed by atoms with Gasteiger partial charge in [0.1, 0.15) is 5.75 Å². The number of fused-ring (bicyclic) bond motifs is 1. The Morgan fingerprint density at radius 2 is 1.88 bits per heavy atom. The van der Waals surface area contributed by atoms with Crippen LogP contribution in [0.25, 0.3) is 0 Å². The minimum Gasteiger partial charge on any atom is -0.497 e. The molecule has 3 heterocycles. The predicted molar refractivity (Wildman–Crippen MR) is 98.0 cm³/mol. The van der Waals surface area contributed by atoms with Crippen molar-refractivity contribution in [3.63, 3.8) is 0 Å². The Labute approximate surface area is 154 Å². The lowest BCUT2D eigenvalue weighted by Crippen LogP contribution is -2.43. The summed E-state index contributed by atoms with van der Waals surface area (Å²) < 4.78 is 29.2. The maximum Gasteiger partial charge on any atom is 0.318 e. The molecule has 8 heteroatoms. The number of rotatable bonds is 5. The zero-order valence-electron chi connectivity index (χ0n) is 14.9. The maximum atomic E-state index is 12.5. The highest BCUT2D eigenvalue weighted by Crippen LogP contribution is 2.31. The standard InChI is InChI=1S/C18H25N3O4S/c1-25-14-6-4-13(5-7-14)16(20-8-2-3-9-20)10-21-17-12-26(23,24)11-15(17)19-18(21)22/h4-7,15-17H,2-3,8-12H2,1H3,(H,19,22)/t15-,16-,17-/m0/s1. The van der Waals surface area contributed by atoms with Crippen LogP contribution in [-0.2, 0) is 9.84 Å². The van der Waals surface area contributed by atoms with E-state index >= 15 is 0 Å².